The summed E-state index contributed by atoms with van der Waals surface area (Å²) in [5.41, 5.74) is 1.39. The molecule has 21 heavy (non-hydrogen) atoms. The number of aliphatic hydroxyl groups is 1. The molecule has 2 aromatic rings. The van der Waals surface area contributed by atoms with E-state index in [9.17, 15) is 18.0 Å². The van der Waals surface area contributed by atoms with E-state index in [1.54, 1.807) is 35.8 Å². The second kappa shape index (κ2) is 5.72. The van der Waals surface area contributed by atoms with Crippen molar-refractivity contribution in [1.29, 1.82) is 0 Å². The molecule has 1 amide bonds. The minimum atomic E-state index is -4.75. The quantitative estimate of drug-likeness (QED) is 0.902. The molecule has 0 saturated heterocycles. The summed E-state index contributed by atoms with van der Waals surface area (Å²) >= 11 is 0. The zero-order valence-corrected chi connectivity index (χ0v) is 11.1. The highest BCUT2D eigenvalue weighted by Crippen LogP contribution is 2.20. The van der Waals surface area contributed by atoms with Gasteiger partial charge in [-0.1, -0.05) is 12.1 Å². The van der Waals surface area contributed by atoms with Crippen molar-refractivity contribution < 1.29 is 23.1 Å². The number of carbonyl (C=O) groups excluding carboxylic acids is 1. The van der Waals surface area contributed by atoms with E-state index in [0.29, 0.717) is 11.0 Å². The topological polar surface area (TPSA) is 67.2 Å². The Balaban J connectivity index is 2.06. The zero-order chi connectivity index (χ0) is 15.6. The van der Waals surface area contributed by atoms with Crippen molar-refractivity contribution in [3.63, 3.8) is 0 Å². The highest BCUT2D eigenvalue weighted by atomic mass is 19.4. The molecule has 0 fully saturated rings. The lowest BCUT2D eigenvalue weighted by Gasteiger charge is -2.18. The van der Waals surface area contributed by atoms with Crippen LogP contribution >= 0.6 is 0 Å². The molecule has 0 aliphatic carbocycles. The third kappa shape index (κ3) is 3.33. The van der Waals surface area contributed by atoms with Crippen LogP contribution in [0.5, 0.6) is 0 Å². The average molecular weight is 301 g/mol. The van der Waals surface area contributed by atoms with Gasteiger partial charge in [-0.25, -0.2) is 4.98 Å². The molecule has 0 aliphatic rings. The summed E-state index contributed by atoms with van der Waals surface area (Å²) < 4.78 is 38.1. The molecule has 2 atom stereocenters. The first-order valence-electron chi connectivity index (χ1n) is 6.24. The second-order valence-corrected chi connectivity index (χ2v) is 4.62. The molecule has 1 heterocycles. The number of fused-ring (bicyclic) bond motifs is 1. The summed E-state index contributed by atoms with van der Waals surface area (Å²) in [5.74, 6) is -0.624. The Morgan fingerprint density at radius 1 is 1.43 bits per heavy atom. The van der Waals surface area contributed by atoms with Crippen LogP contribution < -0.4 is 5.32 Å². The van der Waals surface area contributed by atoms with Crippen molar-refractivity contribution in [2.24, 2.45) is 0 Å². The predicted octanol–water partition coefficient (Wildman–Crippen LogP) is 1.64. The number of rotatable bonds is 4. The molecule has 1 aromatic carbocycles. The van der Waals surface area contributed by atoms with Crippen LogP contribution in [0.25, 0.3) is 11.0 Å². The summed E-state index contributed by atoms with van der Waals surface area (Å²) in [6.45, 7) is 0.669. The fourth-order valence-electron chi connectivity index (χ4n) is 1.87. The van der Waals surface area contributed by atoms with Crippen LogP contribution in [0.2, 0.25) is 0 Å². The fourth-order valence-corrected chi connectivity index (χ4v) is 1.87. The lowest BCUT2D eigenvalue weighted by atomic mass is 10.2. The van der Waals surface area contributed by atoms with Gasteiger partial charge in [-0.3, -0.25) is 4.79 Å². The summed E-state index contributed by atoms with van der Waals surface area (Å²) in [7, 11) is 0. The minimum absolute atomic E-state index is 0.624. The average Bonchev–Trinajstić information content (AvgIpc) is 2.86. The first-order valence-corrected chi connectivity index (χ1v) is 6.24. The third-order valence-electron chi connectivity index (χ3n) is 3.13. The van der Waals surface area contributed by atoms with E-state index in [1.165, 1.54) is 6.33 Å². The van der Waals surface area contributed by atoms with Gasteiger partial charge in [-0.15, -0.1) is 0 Å². The molecule has 2 N–H and O–H groups in total. The maximum atomic E-state index is 12.2. The first-order chi connectivity index (χ1) is 9.80. The summed E-state index contributed by atoms with van der Waals surface area (Å²) in [6, 6.07) is 6.36. The number of hydrogen-bond donors (Lipinski definition) is 2. The van der Waals surface area contributed by atoms with Crippen LogP contribution in [0, 0.1) is 0 Å². The highest BCUT2D eigenvalue weighted by molar-refractivity contribution is 5.83. The SMILES string of the molecule is CC(C(=O)NCC(O)C(F)(F)F)n1cnc2ccccc21. The predicted molar refractivity (Wildman–Crippen MR) is 69.5 cm³/mol. The van der Waals surface area contributed by atoms with Crippen LogP contribution in [0.4, 0.5) is 13.2 Å². The number of hydrogen-bond acceptors (Lipinski definition) is 3. The van der Waals surface area contributed by atoms with Crippen LogP contribution in [0.3, 0.4) is 0 Å². The van der Waals surface area contributed by atoms with E-state index in [0.717, 1.165) is 0 Å². The van der Waals surface area contributed by atoms with Crippen molar-refractivity contribution in [2.45, 2.75) is 25.2 Å². The Bertz CT molecular complexity index is 639. The van der Waals surface area contributed by atoms with E-state index < -0.39 is 30.8 Å². The van der Waals surface area contributed by atoms with Gasteiger partial charge in [-0.05, 0) is 19.1 Å². The number of amides is 1. The maximum absolute atomic E-state index is 12.2. The Morgan fingerprint density at radius 2 is 2.10 bits per heavy atom. The van der Waals surface area contributed by atoms with Gasteiger partial charge in [0, 0.05) is 0 Å². The number of nitrogens with one attached hydrogen (secondary N) is 1. The molecule has 114 valence electrons. The summed E-state index contributed by atoms with van der Waals surface area (Å²) in [6.07, 6.45) is -5.87. The lowest BCUT2D eigenvalue weighted by Crippen LogP contribution is -2.42. The number of carbonyl (C=O) groups is 1. The van der Waals surface area contributed by atoms with Crippen molar-refractivity contribution in [1.82, 2.24) is 14.9 Å². The molecule has 1 aromatic heterocycles. The van der Waals surface area contributed by atoms with Crippen molar-refractivity contribution in [3.8, 4) is 0 Å². The maximum Gasteiger partial charge on any atom is 0.416 e. The standard InChI is InChI=1S/C13H14F3N3O2/c1-8(12(21)17-6-11(20)13(14,15)16)19-7-18-9-4-2-3-5-10(9)19/h2-5,7-8,11,20H,6H2,1H3,(H,17,21). The van der Waals surface area contributed by atoms with Gasteiger partial charge in [0.1, 0.15) is 6.04 Å². The number of benzene rings is 1. The van der Waals surface area contributed by atoms with Crippen LogP contribution in [0.15, 0.2) is 30.6 Å². The van der Waals surface area contributed by atoms with Gasteiger partial charge >= 0.3 is 6.18 Å². The Hall–Kier alpha value is -2.09. The van der Waals surface area contributed by atoms with Crippen LogP contribution in [-0.2, 0) is 4.79 Å². The number of aromatic nitrogens is 2. The Morgan fingerprint density at radius 3 is 2.76 bits per heavy atom. The largest absolute Gasteiger partial charge is 0.416 e. The van der Waals surface area contributed by atoms with E-state index in [-0.39, 0.29) is 0 Å². The second-order valence-electron chi connectivity index (χ2n) is 4.62. The molecule has 5 nitrogen and oxygen atoms in total. The van der Waals surface area contributed by atoms with Gasteiger partial charge < -0.3 is 15.0 Å². The molecule has 2 rings (SSSR count). The number of nitrogens with zero attached hydrogens (tertiary/aromatic N) is 2. The molecule has 0 spiro atoms. The number of para-hydroxylation sites is 2. The molecular weight excluding hydrogens is 287 g/mol. The number of aliphatic hydroxyl groups excluding tert-OH is 1. The van der Waals surface area contributed by atoms with Crippen molar-refractivity contribution in [3.05, 3.63) is 30.6 Å². The minimum Gasteiger partial charge on any atom is -0.382 e. The molecule has 0 saturated carbocycles. The monoisotopic (exact) mass is 301 g/mol. The van der Waals surface area contributed by atoms with Crippen LogP contribution in [0.1, 0.15) is 13.0 Å². The first kappa shape index (κ1) is 15.3. The summed E-state index contributed by atoms with van der Waals surface area (Å²) in [4.78, 5) is 16.0. The highest BCUT2D eigenvalue weighted by Gasteiger charge is 2.38. The molecule has 0 radical (unpaired) electrons. The van der Waals surface area contributed by atoms with E-state index >= 15 is 0 Å². The zero-order valence-electron chi connectivity index (χ0n) is 11.1. The van der Waals surface area contributed by atoms with Crippen LogP contribution in [-0.4, -0.2) is 39.4 Å². The molecule has 0 aliphatic heterocycles. The third-order valence-corrected chi connectivity index (χ3v) is 3.13. The molecule has 2 unspecified atom stereocenters. The molecule has 0 bridgehead atoms. The lowest BCUT2D eigenvalue weighted by molar-refractivity contribution is -0.201. The Kier molecular flexibility index (Phi) is 4.17. The smallest absolute Gasteiger partial charge is 0.382 e. The number of halogens is 3. The Labute approximate surface area is 118 Å². The number of alkyl halides is 3. The molecular formula is C13H14F3N3O2. The van der Waals surface area contributed by atoms with E-state index in [1.807, 2.05) is 0 Å². The van der Waals surface area contributed by atoms with Gasteiger partial charge in [-0.2, -0.15) is 13.2 Å². The van der Waals surface area contributed by atoms with Gasteiger partial charge in [0.2, 0.25) is 5.91 Å². The fraction of sp³-hybridized carbons (Fsp3) is 0.385. The van der Waals surface area contributed by atoms with Gasteiger partial charge in [0.05, 0.1) is 23.9 Å². The van der Waals surface area contributed by atoms with Crippen molar-refractivity contribution >= 4 is 16.9 Å². The van der Waals surface area contributed by atoms with E-state index in [4.69, 9.17) is 5.11 Å². The van der Waals surface area contributed by atoms with E-state index in [2.05, 4.69) is 10.3 Å². The normalized spacial score (nSPS) is 14.9. The van der Waals surface area contributed by atoms with Crippen molar-refractivity contribution in [2.75, 3.05) is 6.54 Å². The van der Waals surface area contributed by atoms with Gasteiger partial charge in [0.25, 0.3) is 0 Å². The number of imidazole rings is 1. The van der Waals surface area contributed by atoms with Gasteiger partial charge in [0.15, 0.2) is 6.10 Å². The summed E-state index contributed by atoms with van der Waals surface area (Å²) in [5, 5.41) is 10.9. The molecule has 8 heteroatoms.